The predicted molar refractivity (Wildman–Crippen MR) is 155 cm³/mol. The zero-order valence-electron chi connectivity index (χ0n) is 20.8. The fourth-order valence-electron chi connectivity index (χ4n) is 4.46. The molecule has 1 unspecified atom stereocenters. The van der Waals surface area contributed by atoms with Gasteiger partial charge in [-0.3, -0.25) is 9.59 Å². The lowest BCUT2D eigenvalue weighted by Crippen LogP contribution is -2.31. The molecule has 39 heavy (non-hydrogen) atoms. The molecule has 2 amide bonds. The molecule has 5 rings (SSSR count). The minimum absolute atomic E-state index is 0.0567. The number of fused-ring (bicyclic) bond motifs is 1. The molecule has 1 aliphatic heterocycles. The second-order valence-electron chi connectivity index (χ2n) is 8.79. The van der Waals surface area contributed by atoms with E-state index < -0.39 is 5.92 Å². The van der Waals surface area contributed by atoms with Crippen LogP contribution in [0.2, 0.25) is 5.02 Å². The molecule has 3 N–H and O–H groups in total. The summed E-state index contributed by atoms with van der Waals surface area (Å²) in [4.78, 5) is 26.3. The number of furan rings is 1. The topological polar surface area (TPSA) is 107 Å². The zero-order chi connectivity index (χ0) is 27.4. The summed E-state index contributed by atoms with van der Waals surface area (Å²) in [6.07, 6.45) is 1.50. The van der Waals surface area contributed by atoms with Crippen molar-refractivity contribution >= 4 is 57.3 Å². The summed E-state index contributed by atoms with van der Waals surface area (Å²) in [6.45, 7) is 1.76. The van der Waals surface area contributed by atoms with Crippen molar-refractivity contribution in [2.75, 3.05) is 16.4 Å². The van der Waals surface area contributed by atoms with Crippen molar-refractivity contribution in [3.05, 3.63) is 118 Å². The van der Waals surface area contributed by atoms with E-state index in [-0.39, 0.29) is 17.6 Å². The average molecular weight is 555 g/mol. The van der Waals surface area contributed by atoms with Crippen LogP contribution in [0.3, 0.4) is 0 Å². The standard InChI is InChI=1S/C30H23ClN4O3S/c1-18-27(29(37)34-21-13-11-20(31)12-14-21)28(25-10-5-15-38-25)23(16-32)30(33-18)39-17-26(36)35-24-9-4-7-19-6-2-3-8-22(19)24/h2-15,28,33H,17H2,1H3,(H,34,37)(H,35,36). The highest BCUT2D eigenvalue weighted by atomic mass is 35.5. The van der Waals surface area contributed by atoms with E-state index in [1.807, 2.05) is 42.5 Å². The highest BCUT2D eigenvalue weighted by molar-refractivity contribution is 8.03. The summed E-state index contributed by atoms with van der Waals surface area (Å²) < 4.78 is 5.66. The first kappa shape index (κ1) is 26.2. The number of anilines is 2. The van der Waals surface area contributed by atoms with Crippen molar-refractivity contribution in [1.29, 1.82) is 5.26 Å². The average Bonchev–Trinajstić information content (AvgIpc) is 3.48. The SMILES string of the molecule is CC1=C(C(=O)Nc2ccc(Cl)cc2)C(c2ccco2)C(C#N)=C(SCC(=O)Nc2cccc3ccccc23)N1. The van der Waals surface area contributed by atoms with Crippen LogP contribution in [0.5, 0.6) is 0 Å². The summed E-state index contributed by atoms with van der Waals surface area (Å²) in [5.41, 5.74) is 2.48. The maximum absolute atomic E-state index is 13.4. The molecule has 1 aliphatic rings. The molecule has 1 atom stereocenters. The Balaban J connectivity index is 1.38. The fraction of sp³-hybridized carbons (Fsp3) is 0.100. The quantitative estimate of drug-likeness (QED) is 0.232. The molecule has 2 heterocycles. The lowest BCUT2D eigenvalue weighted by molar-refractivity contribution is -0.114. The molecule has 0 saturated heterocycles. The van der Waals surface area contributed by atoms with Gasteiger partial charge in [0.15, 0.2) is 0 Å². The Morgan fingerprint density at radius 1 is 1.03 bits per heavy atom. The van der Waals surface area contributed by atoms with E-state index in [0.717, 1.165) is 16.5 Å². The van der Waals surface area contributed by atoms with Gasteiger partial charge in [-0.05, 0) is 54.8 Å². The van der Waals surface area contributed by atoms with Gasteiger partial charge < -0.3 is 20.4 Å². The van der Waals surface area contributed by atoms with Crippen LogP contribution < -0.4 is 16.0 Å². The molecule has 7 nitrogen and oxygen atoms in total. The number of hydrogen-bond donors (Lipinski definition) is 3. The van der Waals surface area contributed by atoms with Crippen molar-refractivity contribution < 1.29 is 14.0 Å². The Labute approximate surface area is 234 Å². The molecule has 0 spiro atoms. The maximum atomic E-state index is 13.4. The first-order chi connectivity index (χ1) is 18.9. The Morgan fingerprint density at radius 3 is 2.54 bits per heavy atom. The van der Waals surface area contributed by atoms with Crippen LogP contribution in [-0.2, 0) is 9.59 Å². The summed E-state index contributed by atoms with van der Waals surface area (Å²) >= 11 is 7.17. The predicted octanol–water partition coefficient (Wildman–Crippen LogP) is 6.79. The largest absolute Gasteiger partial charge is 0.468 e. The molecule has 3 aromatic carbocycles. The second kappa shape index (κ2) is 11.5. The van der Waals surface area contributed by atoms with E-state index >= 15 is 0 Å². The van der Waals surface area contributed by atoms with Gasteiger partial charge in [-0.15, -0.1) is 0 Å². The monoisotopic (exact) mass is 554 g/mol. The van der Waals surface area contributed by atoms with Gasteiger partial charge in [0.25, 0.3) is 5.91 Å². The second-order valence-corrected chi connectivity index (χ2v) is 10.2. The van der Waals surface area contributed by atoms with Crippen molar-refractivity contribution in [1.82, 2.24) is 5.32 Å². The normalized spacial score (nSPS) is 15.1. The van der Waals surface area contributed by atoms with Crippen LogP contribution >= 0.6 is 23.4 Å². The number of allylic oxidation sites excluding steroid dienone is 2. The molecule has 9 heteroatoms. The molecule has 0 radical (unpaired) electrons. The van der Waals surface area contributed by atoms with Crippen molar-refractivity contribution in [3.63, 3.8) is 0 Å². The molecule has 4 aromatic rings. The molecule has 194 valence electrons. The van der Waals surface area contributed by atoms with Crippen LogP contribution in [-0.4, -0.2) is 17.6 Å². The number of benzene rings is 3. The van der Waals surface area contributed by atoms with Crippen molar-refractivity contribution in [2.24, 2.45) is 0 Å². The molecule has 0 bridgehead atoms. The van der Waals surface area contributed by atoms with E-state index in [9.17, 15) is 14.9 Å². The summed E-state index contributed by atoms with van der Waals surface area (Å²) in [7, 11) is 0. The third kappa shape index (κ3) is 5.70. The minimum atomic E-state index is -0.748. The number of dihydropyridines is 1. The molecular formula is C30H23ClN4O3S. The smallest absolute Gasteiger partial charge is 0.254 e. The van der Waals surface area contributed by atoms with Gasteiger partial charge in [0.05, 0.1) is 40.2 Å². The van der Waals surface area contributed by atoms with Gasteiger partial charge in [0.2, 0.25) is 5.91 Å². The van der Waals surface area contributed by atoms with Crippen LogP contribution in [0.1, 0.15) is 18.6 Å². The van der Waals surface area contributed by atoms with Gasteiger partial charge in [-0.1, -0.05) is 59.8 Å². The Hall–Kier alpha value is -4.45. The molecule has 0 fully saturated rings. The van der Waals surface area contributed by atoms with E-state index in [4.69, 9.17) is 16.0 Å². The Bertz CT molecular complexity index is 1650. The number of nitrogens with one attached hydrogen (secondary N) is 3. The van der Waals surface area contributed by atoms with Crippen LogP contribution in [0.4, 0.5) is 11.4 Å². The number of nitriles is 1. The summed E-state index contributed by atoms with van der Waals surface area (Å²) in [6, 6.07) is 26.0. The lowest BCUT2D eigenvalue weighted by Gasteiger charge is -2.28. The number of carbonyl (C=O) groups is 2. The molecule has 0 saturated carbocycles. The van der Waals surface area contributed by atoms with Crippen LogP contribution in [0.25, 0.3) is 10.8 Å². The van der Waals surface area contributed by atoms with E-state index in [1.54, 1.807) is 43.3 Å². The van der Waals surface area contributed by atoms with Gasteiger partial charge >= 0.3 is 0 Å². The highest BCUT2D eigenvalue weighted by Gasteiger charge is 2.36. The maximum Gasteiger partial charge on any atom is 0.254 e. The summed E-state index contributed by atoms with van der Waals surface area (Å²) in [5, 5.41) is 22.2. The van der Waals surface area contributed by atoms with Gasteiger partial charge in [0, 0.05) is 27.5 Å². The van der Waals surface area contributed by atoms with E-state index in [1.165, 1.54) is 18.0 Å². The van der Waals surface area contributed by atoms with Crippen LogP contribution in [0.15, 0.2) is 111 Å². The van der Waals surface area contributed by atoms with Crippen LogP contribution in [0, 0.1) is 11.3 Å². The third-order valence-electron chi connectivity index (χ3n) is 6.23. The van der Waals surface area contributed by atoms with E-state index in [2.05, 4.69) is 22.0 Å². The number of rotatable bonds is 7. The fourth-order valence-corrected chi connectivity index (χ4v) is 5.48. The van der Waals surface area contributed by atoms with E-state index in [0.29, 0.717) is 38.3 Å². The number of hydrogen-bond acceptors (Lipinski definition) is 6. The number of nitrogens with zero attached hydrogens (tertiary/aromatic N) is 1. The third-order valence-corrected chi connectivity index (χ3v) is 7.50. The first-order valence-electron chi connectivity index (χ1n) is 12.1. The van der Waals surface area contributed by atoms with Crippen molar-refractivity contribution in [3.8, 4) is 6.07 Å². The van der Waals surface area contributed by atoms with Crippen molar-refractivity contribution in [2.45, 2.75) is 12.8 Å². The van der Waals surface area contributed by atoms with Gasteiger partial charge in [0.1, 0.15) is 5.76 Å². The number of carbonyl (C=O) groups excluding carboxylic acids is 2. The number of amides is 2. The highest BCUT2D eigenvalue weighted by Crippen LogP contribution is 2.41. The molecule has 1 aromatic heterocycles. The summed E-state index contributed by atoms with van der Waals surface area (Å²) in [5.74, 6) is -0.838. The number of halogens is 1. The first-order valence-corrected chi connectivity index (χ1v) is 13.4. The Morgan fingerprint density at radius 2 is 1.79 bits per heavy atom. The molecular weight excluding hydrogens is 532 g/mol. The lowest BCUT2D eigenvalue weighted by atomic mass is 9.85. The van der Waals surface area contributed by atoms with Gasteiger partial charge in [-0.25, -0.2) is 0 Å². The zero-order valence-corrected chi connectivity index (χ0v) is 22.4. The minimum Gasteiger partial charge on any atom is -0.468 e. The number of thioether (sulfide) groups is 1. The molecule has 0 aliphatic carbocycles. The van der Waals surface area contributed by atoms with Gasteiger partial charge in [-0.2, -0.15) is 5.26 Å². The Kier molecular flexibility index (Phi) is 7.73.